The van der Waals surface area contributed by atoms with Gasteiger partial charge in [0, 0.05) is 50.0 Å². The third kappa shape index (κ3) is 4.76. The Hall–Kier alpha value is -3.56. The number of amides is 2. The first-order chi connectivity index (χ1) is 17.9. The molecule has 3 aromatic heterocycles. The number of imidazole rings is 1. The molecule has 5 heterocycles. The Labute approximate surface area is 219 Å². The number of thiazole rings is 1. The number of nitrogens with zero attached hydrogens (tertiary/aromatic N) is 5. The fourth-order valence-electron chi connectivity index (χ4n) is 5.28. The van der Waals surface area contributed by atoms with Crippen LogP contribution in [0.1, 0.15) is 42.8 Å². The second-order valence-corrected chi connectivity index (χ2v) is 11.2. The van der Waals surface area contributed by atoms with Crippen LogP contribution in [0.25, 0.3) is 21.4 Å². The molecule has 0 saturated carbocycles. The zero-order valence-corrected chi connectivity index (χ0v) is 21.9. The van der Waals surface area contributed by atoms with Crippen LogP contribution in [0.3, 0.4) is 0 Å². The molecular weight excluding hydrogens is 484 g/mol. The van der Waals surface area contributed by atoms with Gasteiger partial charge >= 0.3 is 11.8 Å². The summed E-state index contributed by atoms with van der Waals surface area (Å²) in [5.74, 6) is -0.795. The van der Waals surface area contributed by atoms with Crippen molar-refractivity contribution in [2.75, 3.05) is 32.0 Å². The molecule has 1 saturated heterocycles. The third-order valence-corrected chi connectivity index (χ3v) is 8.52. The van der Waals surface area contributed by atoms with E-state index in [4.69, 9.17) is 4.98 Å². The Kier molecular flexibility index (Phi) is 6.26. The average molecular weight is 515 g/mol. The van der Waals surface area contributed by atoms with Crippen molar-refractivity contribution < 1.29 is 9.59 Å². The molecule has 1 aromatic carbocycles. The third-order valence-electron chi connectivity index (χ3n) is 7.41. The summed E-state index contributed by atoms with van der Waals surface area (Å²) in [7, 11) is 2.13. The minimum atomic E-state index is -0.624. The standard InChI is InChI=1S/C28H30N6O2S/c1-18-3-5-23(20-4-6-24-22(15-20)31-27(37-24)19-7-11-32(2)12-8-19)34(17-18)28(36)26(35)30-21-9-13-33-14-10-29-25(33)16-21/h4,6-7,9-10,13-16,18,23H,3,5,8,11-12,17H2,1-2H3,(H,30,35)/t18-,23+/m0/s1. The van der Waals surface area contributed by atoms with Crippen molar-refractivity contribution in [1.29, 1.82) is 0 Å². The van der Waals surface area contributed by atoms with Gasteiger partial charge in [0.1, 0.15) is 10.7 Å². The molecule has 37 heavy (non-hydrogen) atoms. The van der Waals surface area contributed by atoms with Crippen molar-refractivity contribution in [3.8, 4) is 0 Å². The Morgan fingerprint density at radius 3 is 2.86 bits per heavy atom. The molecule has 0 aliphatic carbocycles. The molecule has 0 bridgehead atoms. The Morgan fingerprint density at radius 1 is 1.14 bits per heavy atom. The predicted octanol–water partition coefficient (Wildman–Crippen LogP) is 4.60. The highest BCUT2D eigenvalue weighted by molar-refractivity contribution is 7.19. The highest BCUT2D eigenvalue weighted by atomic mass is 32.1. The number of hydrogen-bond acceptors (Lipinski definition) is 6. The van der Waals surface area contributed by atoms with Gasteiger partial charge in [-0.15, -0.1) is 11.3 Å². The summed E-state index contributed by atoms with van der Waals surface area (Å²) in [5, 5.41) is 3.86. The van der Waals surface area contributed by atoms with E-state index in [1.54, 1.807) is 34.6 Å². The maximum atomic E-state index is 13.4. The van der Waals surface area contributed by atoms with E-state index >= 15 is 0 Å². The summed E-state index contributed by atoms with van der Waals surface area (Å²) >= 11 is 1.73. The van der Waals surface area contributed by atoms with Gasteiger partial charge in [0.15, 0.2) is 0 Å². The molecule has 2 atom stereocenters. The Bertz CT molecular complexity index is 1520. The number of anilines is 1. The molecular formula is C28H30N6O2S. The lowest BCUT2D eigenvalue weighted by Gasteiger charge is -2.38. The molecule has 1 fully saturated rings. The SMILES string of the molecule is C[C@H]1CC[C@H](c2ccc3sc(C4=CCN(C)CC4)nc3c2)N(C(=O)C(=O)Nc2ccn3ccnc3c2)C1. The van der Waals surface area contributed by atoms with Gasteiger partial charge in [-0.1, -0.05) is 19.1 Å². The molecule has 8 nitrogen and oxygen atoms in total. The van der Waals surface area contributed by atoms with E-state index in [2.05, 4.69) is 53.4 Å². The van der Waals surface area contributed by atoms with Gasteiger partial charge < -0.3 is 19.5 Å². The lowest BCUT2D eigenvalue weighted by molar-refractivity contribution is -0.146. The van der Waals surface area contributed by atoms with E-state index in [1.165, 1.54) is 5.57 Å². The van der Waals surface area contributed by atoms with Crippen LogP contribution in [0.15, 0.2) is 55.0 Å². The van der Waals surface area contributed by atoms with E-state index in [0.29, 0.717) is 23.8 Å². The number of likely N-dealkylation sites (N-methyl/N-ethyl adjacent to an activating group) is 1. The van der Waals surface area contributed by atoms with Gasteiger partial charge in [-0.05, 0) is 61.6 Å². The quantitative estimate of drug-likeness (QED) is 0.404. The molecule has 4 aromatic rings. The van der Waals surface area contributed by atoms with Crippen LogP contribution in [-0.2, 0) is 9.59 Å². The van der Waals surface area contributed by atoms with Crippen molar-refractivity contribution >= 4 is 50.3 Å². The summed E-state index contributed by atoms with van der Waals surface area (Å²) in [6, 6.07) is 9.69. The van der Waals surface area contributed by atoms with Gasteiger partial charge in [0.2, 0.25) is 0 Å². The lowest BCUT2D eigenvalue weighted by Crippen LogP contribution is -2.46. The fourth-order valence-corrected chi connectivity index (χ4v) is 6.29. The van der Waals surface area contributed by atoms with Crippen molar-refractivity contribution in [2.24, 2.45) is 5.92 Å². The Morgan fingerprint density at radius 2 is 2.03 bits per heavy atom. The van der Waals surface area contributed by atoms with Crippen molar-refractivity contribution in [3.63, 3.8) is 0 Å². The second-order valence-electron chi connectivity index (χ2n) is 10.2. The number of hydrogen-bond donors (Lipinski definition) is 1. The first kappa shape index (κ1) is 23.8. The normalized spacial score (nSPS) is 20.8. The zero-order chi connectivity index (χ0) is 25.5. The molecule has 1 N–H and O–H groups in total. The maximum absolute atomic E-state index is 13.4. The number of carbonyl (C=O) groups excluding carboxylic acids is 2. The summed E-state index contributed by atoms with van der Waals surface area (Å²) in [6.45, 7) is 4.68. The molecule has 190 valence electrons. The minimum Gasteiger partial charge on any atom is -0.327 e. The van der Waals surface area contributed by atoms with Crippen LogP contribution in [-0.4, -0.2) is 62.7 Å². The molecule has 0 spiro atoms. The number of rotatable bonds is 3. The van der Waals surface area contributed by atoms with Crippen molar-refractivity contribution in [1.82, 2.24) is 24.2 Å². The van der Waals surface area contributed by atoms with E-state index in [9.17, 15) is 9.59 Å². The molecule has 2 amide bonds. The molecule has 2 aliphatic rings. The average Bonchev–Trinajstić information content (AvgIpc) is 3.55. The fraction of sp³-hybridized carbons (Fsp3) is 0.357. The zero-order valence-electron chi connectivity index (χ0n) is 21.1. The maximum Gasteiger partial charge on any atom is 0.313 e. The highest BCUT2D eigenvalue weighted by Crippen LogP contribution is 2.37. The smallest absolute Gasteiger partial charge is 0.313 e. The molecule has 9 heteroatoms. The van der Waals surface area contributed by atoms with Crippen LogP contribution >= 0.6 is 11.3 Å². The van der Waals surface area contributed by atoms with Gasteiger partial charge in [-0.2, -0.15) is 0 Å². The number of fused-ring (bicyclic) bond motifs is 2. The predicted molar refractivity (Wildman–Crippen MR) is 146 cm³/mol. The van der Waals surface area contributed by atoms with Gasteiger partial charge in [0.25, 0.3) is 0 Å². The van der Waals surface area contributed by atoms with Crippen LogP contribution in [0.2, 0.25) is 0 Å². The number of pyridine rings is 1. The largest absolute Gasteiger partial charge is 0.327 e. The van der Waals surface area contributed by atoms with Gasteiger partial charge in [-0.25, -0.2) is 9.97 Å². The number of aromatic nitrogens is 3. The topological polar surface area (TPSA) is 82.8 Å². The van der Waals surface area contributed by atoms with E-state index in [1.807, 2.05) is 16.8 Å². The first-order valence-corrected chi connectivity index (χ1v) is 13.6. The number of piperidine rings is 1. The van der Waals surface area contributed by atoms with Gasteiger partial charge in [0.05, 0.1) is 16.3 Å². The number of carbonyl (C=O) groups is 2. The summed E-state index contributed by atoms with van der Waals surface area (Å²) in [4.78, 5) is 39.7. The number of nitrogens with one attached hydrogen (secondary N) is 1. The molecule has 0 radical (unpaired) electrons. The number of likely N-dealkylation sites (tertiary alicyclic amines) is 1. The molecule has 2 aliphatic heterocycles. The van der Waals surface area contributed by atoms with Crippen molar-refractivity contribution in [2.45, 2.75) is 32.2 Å². The van der Waals surface area contributed by atoms with E-state index in [0.717, 1.165) is 53.1 Å². The van der Waals surface area contributed by atoms with Gasteiger partial charge in [-0.3, -0.25) is 9.59 Å². The first-order valence-electron chi connectivity index (χ1n) is 12.8. The molecule has 0 unspecified atom stereocenters. The van der Waals surface area contributed by atoms with Crippen LogP contribution in [0.4, 0.5) is 5.69 Å². The van der Waals surface area contributed by atoms with Crippen LogP contribution < -0.4 is 5.32 Å². The Balaban J connectivity index is 1.24. The van der Waals surface area contributed by atoms with E-state index < -0.39 is 11.8 Å². The van der Waals surface area contributed by atoms with Crippen molar-refractivity contribution in [3.05, 3.63) is 65.6 Å². The van der Waals surface area contributed by atoms with Crippen LogP contribution in [0.5, 0.6) is 0 Å². The van der Waals surface area contributed by atoms with Crippen LogP contribution in [0, 0.1) is 5.92 Å². The summed E-state index contributed by atoms with van der Waals surface area (Å²) < 4.78 is 3.00. The number of benzene rings is 1. The van der Waals surface area contributed by atoms with E-state index in [-0.39, 0.29) is 6.04 Å². The second kappa shape index (κ2) is 9.72. The summed E-state index contributed by atoms with van der Waals surface area (Å²) in [6.07, 6.45) is 10.4. The summed E-state index contributed by atoms with van der Waals surface area (Å²) in [5.41, 5.74) is 4.57. The monoisotopic (exact) mass is 514 g/mol. The highest BCUT2D eigenvalue weighted by Gasteiger charge is 2.34. The molecule has 6 rings (SSSR count). The lowest BCUT2D eigenvalue weighted by atomic mass is 9.89. The minimum absolute atomic E-state index is 0.152.